The Balaban J connectivity index is 1.31. The van der Waals surface area contributed by atoms with Gasteiger partial charge in [-0.1, -0.05) is 25.5 Å². The summed E-state index contributed by atoms with van der Waals surface area (Å²) in [6.07, 6.45) is 12.3. The van der Waals surface area contributed by atoms with Gasteiger partial charge in [0.05, 0.1) is 5.41 Å². The average molecular weight is 497 g/mol. The number of aromatic nitrogens is 5. The van der Waals surface area contributed by atoms with Crippen molar-refractivity contribution in [3.63, 3.8) is 0 Å². The van der Waals surface area contributed by atoms with E-state index in [0.29, 0.717) is 11.8 Å². The summed E-state index contributed by atoms with van der Waals surface area (Å²) in [6.45, 7) is 5.49. The van der Waals surface area contributed by atoms with Crippen molar-refractivity contribution >= 4 is 10.9 Å². The fourth-order valence-electron chi connectivity index (χ4n) is 7.00. The van der Waals surface area contributed by atoms with E-state index in [4.69, 9.17) is 0 Å². The number of nitrogens with one attached hydrogen (secondary N) is 1. The lowest BCUT2D eigenvalue weighted by Crippen LogP contribution is -2.43. The average Bonchev–Trinajstić information content (AvgIpc) is 3.50. The molecule has 1 aliphatic heterocycles. The zero-order valence-corrected chi connectivity index (χ0v) is 21.9. The molecule has 3 aromatic heterocycles. The van der Waals surface area contributed by atoms with Gasteiger partial charge >= 0.3 is 0 Å². The number of likely N-dealkylation sites (tertiary alicyclic amines) is 1. The molecule has 7 rings (SSSR count). The number of benzene rings is 1. The Morgan fingerprint density at radius 2 is 1.92 bits per heavy atom. The topological polar surface area (TPSA) is 71.7 Å². The van der Waals surface area contributed by atoms with Crippen LogP contribution in [0.1, 0.15) is 80.4 Å². The standard InChI is InChI=1S/C30H36N6O/c1-20-15-30(16-20,29-33-31-19-34(29)2)22-7-6-8-24(13-22)36-18-26(21-9-10-21)25-14-23(32-27(25)28(36)37)17-35-11-4-3-5-12-35/h6-8,13-14,18-21,32H,3-5,9-12,15-17H2,1-2H3/t20-,30+. The van der Waals surface area contributed by atoms with Crippen LogP contribution >= 0.6 is 0 Å². The van der Waals surface area contributed by atoms with E-state index in [1.54, 1.807) is 6.33 Å². The smallest absolute Gasteiger partial charge is 0.279 e. The molecule has 0 unspecified atom stereocenters. The summed E-state index contributed by atoms with van der Waals surface area (Å²) < 4.78 is 3.93. The van der Waals surface area contributed by atoms with Crippen molar-refractivity contribution in [3.8, 4) is 5.69 Å². The third kappa shape index (κ3) is 3.86. The van der Waals surface area contributed by atoms with Gasteiger partial charge in [0.2, 0.25) is 0 Å². The lowest BCUT2D eigenvalue weighted by molar-refractivity contribution is 0.185. The predicted octanol–water partition coefficient (Wildman–Crippen LogP) is 5.03. The molecule has 7 heteroatoms. The molecule has 0 radical (unpaired) electrons. The molecule has 7 nitrogen and oxygen atoms in total. The van der Waals surface area contributed by atoms with Crippen molar-refractivity contribution in [2.45, 2.75) is 69.7 Å². The van der Waals surface area contributed by atoms with E-state index >= 15 is 0 Å². The molecule has 37 heavy (non-hydrogen) atoms. The van der Waals surface area contributed by atoms with E-state index in [1.165, 1.54) is 43.2 Å². The van der Waals surface area contributed by atoms with Crippen LogP contribution in [0.15, 0.2) is 47.7 Å². The summed E-state index contributed by atoms with van der Waals surface area (Å²) in [7, 11) is 2.02. The molecular formula is C30H36N6O. The predicted molar refractivity (Wildman–Crippen MR) is 145 cm³/mol. The third-order valence-electron chi connectivity index (χ3n) is 8.96. The van der Waals surface area contributed by atoms with Crippen LogP contribution in [0.4, 0.5) is 0 Å². The first-order valence-corrected chi connectivity index (χ1v) is 14.0. The van der Waals surface area contributed by atoms with Crippen molar-refractivity contribution < 1.29 is 0 Å². The van der Waals surface area contributed by atoms with E-state index < -0.39 is 0 Å². The van der Waals surface area contributed by atoms with Gasteiger partial charge in [0, 0.05) is 36.6 Å². The highest BCUT2D eigenvalue weighted by molar-refractivity contribution is 5.84. The molecule has 4 aromatic rings. The molecule has 2 saturated carbocycles. The largest absolute Gasteiger partial charge is 0.353 e. The van der Waals surface area contributed by atoms with Gasteiger partial charge in [-0.15, -0.1) is 10.2 Å². The van der Waals surface area contributed by atoms with Crippen LogP contribution in [0.5, 0.6) is 0 Å². The number of hydrogen-bond donors (Lipinski definition) is 1. The van der Waals surface area contributed by atoms with Crippen LogP contribution < -0.4 is 5.56 Å². The number of rotatable bonds is 6. The van der Waals surface area contributed by atoms with Crippen LogP contribution in [0.25, 0.3) is 16.6 Å². The van der Waals surface area contributed by atoms with Gasteiger partial charge in [0.15, 0.2) is 0 Å². The molecule has 3 aliphatic rings. The molecular weight excluding hydrogens is 460 g/mol. The molecule has 2 aliphatic carbocycles. The van der Waals surface area contributed by atoms with Crippen LogP contribution in [0, 0.1) is 5.92 Å². The Bertz CT molecular complexity index is 1510. The zero-order chi connectivity index (χ0) is 25.1. The second-order valence-corrected chi connectivity index (χ2v) is 11.9. The number of aromatic amines is 1. The monoisotopic (exact) mass is 496 g/mol. The summed E-state index contributed by atoms with van der Waals surface area (Å²) >= 11 is 0. The van der Waals surface area contributed by atoms with Crippen molar-refractivity contribution in [1.82, 2.24) is 29.2 Å². The first kappa shape index (κ1) is 23.0. The van der Waals surface area contributed by atoms with E-state index in [-0.39, 0.29) is 11.0 Å². The highest BCUT2D eigenvalue weighted by Gasteiger charge is 2.48. The summed E-state index contributed by atoms with van der Waals surface area (Å²) in [6, 6.07) is 10.8. The van der Waals surface area contributed by atoms with Crippen LogP contribution in [0.2, 0.25) is 0 Å². The van der Waals surface area contributed by atoms with Gasteiger partial charge in [-0.25, -0.2) is 0 Å². The molecule has 1 saturated heterocycles. The minimum atomic E-state index is -0.151. The lowest BCUT2D eigenvalue weighted by Gasteiger charge is -2.46. The molecule has 3 fully saturated rings. The highest BCUT2D eigenvalue weighted by atomic mass is 16.1. The number of aryl methyl sites for hydroxylation is 1. The number of hydrogen-bond acceptors (Lipinski definition) is 4. The molecule has 0 amide bonds. The molecule has 0 atom stereocenters. The fourth-order valence-corrected chi connectivity index (χ4v) is 7.00. The Hall–Kier alpha value is -3.19. The molecule has 0 spiro atoms. The fraction of sp³-hybridized carbons (Fsp3) is 0.500. The number of nitrogens with zero attached hydrogens (tertiary/aromatic N) is 5. The lowest BCUT2D eigenvalue weighted by atomic mass is 9.58. The Morgan fingerprint density at radius 1 is 1.11 bits per heavy atom. The Labute approximate surface area is 217 Å². The first-order valence-electron chi connectivity index (χ1n) is 14.0. The van der Waals surface area contributed by atoms with Crippen molar-refractivity contribution in [1.29, 1.82) is 0 Å². The zero-order valence-electron chi connectivity index (χ0n) is 21.9. The van der Waals surface area contributed by atoms with Crippen LogP contribution in [-0.4, -0.2) is 42.3 Å². The number of H-pyrrole nitrogens is 1. The van der Waals surface area contributed by atoms with Crippen LogP contribution in [-0.2, 0) is 19.0 Å². The van der Waals surface area contributed by atoms with E-state index in [9.17, 15) is 4.79 Å². The number of pyridine rings is 1. The van der Waals surface area contributed by atoms with Crippen molar-refractivity contribution in [3.05, 3.63) is 75.9 Å². The van der Waals surface area contributed by atoms with Gasteiger partial charge in [0.25, 0.3) is 5.56 Å². The maximum Gasteiger partial charge on any atom is 0.279 e. The molecule has 0 bridgehead atoms. The third-order valence-corrected chi connectivity index (χ3v) is 8.96. The molecule has 192 valence electrons. The normalized spacial score (nSPS) is 24.4. The highest BCUT2D eigenvalue weighted by Crippen LogP contribution is 2.51. The Kier molecular flexibility index (Phi) is 5.39. The van der Waals surface area contributed by atoms with E-state index in [1.807, 2.05) is 16.2 Å². The Morgan fingerprint density at radius 3 is 2.62 bits per heavy atom. The summed E-state index contributed by atoms with van der Waals surface area (Å²) in [4.78, 5) is 20.0. The van der Waals surface area contributed by atoms with Crippen LogP contribution in [0.3, 0.4) is 0 Å². The van der Waals surface area contributed by atoms with Gasteiger partial charge < -0.3 is 9.55 Å². The molecule has 4 heterocycles. The maximum absolute atomic E-state index is 13.9. The molecule has 1 N–H and O–H groups in total. The van der Waals surface area contributed by atoms with Gasteiger partial charge in [-0.3, -0.25) is 14.3 Å². The van der Waals surface area contributed by atoms with Crippen molar-refractivity contribution in [2.24, 2.45) is 13.0 Å². The minimum Gasteiger partial charge on any atom is -0.353 e. The number of piperidine rings is 1. The van der Waals surface area contributed by atoms with Crippen molar-refractivity contribution in [2.75, 3.05) is 13.1 Å². The van der Waals surface area contributed by atoms with E-state index in [2.05, 4.69) is 63.5 Å². The second-order valence-electron chi connectivity index (χ2n) is 11.9. The first-order chi connectivity index (χ1) is 18.0. The summed E-state index contributed by atoms with van der Waals surface area (Å²) in [5.41, 5.74) is 5.25. The van der Waals surface area contributed by atoms with Gasteiger partial charge in [0.1, 0.15) is 17.7 Å². The summed E-state index contributed by atoms with van der Waals surface area (Å²) in [5, 5.41) is 9.82. The molecule has 1 aromatic carbocycles. The van der Waals surface area contributed by atoms with Gasteiger partial charge in [-0.05, 0) is 92.8 Å². The minimum absolute atomic E-state index is 0.0381. The number of fused-ring (bicyclic) bond motifs is 1. The van der Waals surface area contributed by atoms with Gasteiger partial charge in [-0.2, -0.15) is 0 Å². The van der Waals surface area contributed by atoms with E-state index in [0.717, 1.165) is 60.6 Å². The summed E-state index contributed by atoms with van der Waals surface area (Å²) in [5.74, 6) is 2.20. The second kappa shape index (κ2) is 8.69. The SMILES string of the molecule is Cn1cnnc1[C@]1(c2cccc(-n3cc(C4CC4)c4cc(CN5CCCCC5)[nH]c4c3=O)c2)C[C@H](C)C1. The quantitative estimate of drug-likeness (QED) is 0.407. The maximum atomic E-state index is 13.9.